The molecule has 0 saturated heterocycles. The second kappa shape index (κ2) is 8.24. The SMILES string of the molecule is COc1cc(C)ccc1OCCNC(=O)Nc1ccc(C)cc1C. The first-order valence-corrected chi connectivity index (χ1v) is 7.89. The summed E-state index contributed by atoms with van der Waals surface area (Å²) in [6.45, 7) is 6.74. The van der Waals surface area contributed by atoms with Crippen molar-refractivity contribution in [3.63, 3.8) is 0 Å². The molecule has 0 unspecified atom stereocenters. The van der Waals surface area contributed by atoms with Gasteiger partial charge in [-0.05, 0) is 50.1 Å². The maximum atomic E-state index is 11.9. The van der Waals surface area contributed by atoms with Gasteiger partial charge in [-0.2, -0.15) is 0 Å². The van der Waals surface area contributed by atoms with Crippen molar-refractivity contribution in [2.45, 2.75) is 20.8 Å². The van der Waals surface area contributed by atoms with E-state index in [4.69, 9.17) is 9.47 Å². The first-order valence-electron chi connectivity index (χ1n) is 7.89. The Bertz CT molecular complexity index is 714. The first-order chi connectivity index (χ1) is 11.5. The third-order valence-corrected chi connectivity index (χ3v) is 3.59. The van der Waals surface area contributed by atoms with Crippen molar-refractivity contribution < 1.29 is 14.3 Å². The van der Waals surface area contributed by atoms with Crippen LogP contribution in [0.15, 0.2) is 36.4 Å². The Labute approximate surface area is 143 Å². The van der Waals surface area contributed by atoms with E-state index >= 15 is 0 Å². The first kappa shape index (κ1) is 17.7. The number of hydrogen-bond donors (Lipinski definition) is 2. The lowest BCUT2D eigenvalue weighted by atomic mass is 10.1. The lowest BCUT2D eigenvalue weighted by Crippen LogP contribution is -2.32. The maximum Gasteiger partial charge on any atom is 0.319 e. The molecule has 0 atom stereocenters. The van der Waals surface area contributed by atoms with E-state index in [1.807, 2.05) is 57.2 Å². The standard InChI is InChI=1S/C19H24N2O3/c1-13-5-7-16(15(3)11-13)21-19(22)20-9-10-24-17-8-6-14(2)12-18(17)23-4/h5-8,11-12H,9-10H2,1-4H3,(H2,20,21,22). The Morgan fingerprint density at radius 1 is 1.00 bits per heavy atom. The third kappa shape index (κ3) is 4.91. The van der Waals surface area contributed by atoms with Crippen molar-refractivity contribution in [1.82, 2.24) is 5.32 Å². The van der Waals surface area contributed by atoms with Gasteiger partial charge in [-0.15, -0.1) is 0 Å². The number of nitrogens with one attached hydrogen (secondary N) is 2. The molecular formula is C19H24N2O3. The number of urea groups is 1. The topological polar surface area (TPSA) is 59.6 Å². The zero-order chi connectivity index (χ0) is 17.5. The summed E-state index contributed by atoms with van der Waals surface area (Å²) >= 11 is 0. The van der Waals surface area contributed by atoms with Crippen molar-refractivity contribution in [1.29, 1.82) is 0 Å². The van der Waals surface area contributed by atoms with Gasteiger partial charge in [-0.25, -0.2) is 4.79 Å². The van der Waals surface area contributed by atoms with Crippen molar-refractivity contribution >= 4 is 11.7 Å². The van der Waals surface area contributed by atoms with Crippen LogP contribution < -0.4 is 20.1 Å². The molecule has 0 aliphatic rings. The molecule has 2 aromatic carbocycles. The van der Waals surface area contributed by atoms with Crippen molar-refractivity contribution in [2.75, 3.05) is 25.6 Å². The Kier molecular flexibility index (Phi) is 6.07. The predicted octanol–water partition coefficient (Wildman–Crippen LogP) is 3.82. The van der Waals surface area contributed by atoms with Crippen molar-refractivity contribution in [3.05, 3.63) is 53.1 Å². The maximum absolute atomic E-state index is 11.9. The van der Waals surface area contributed by atoms with E-state index in [2.05, 4.69) is 10.6 Å². The Morgan fingerprint density at radius 2 is 1.71 bits per heavy atom. The molecule has 0 fully saturated rings. The molecule has 128 valence electrons. The minimum atomic E-state index is -0.249. The zero-order valence-corrected chi connectivity index (χ0v) is 14.6. The molecule has 0 aliphatic carbocycles. The van der Waals surface area contributed by atoms with Gasteiger partial charge in [0.1, 0.15) is 6.61 Å². The Hall–Kier alpha value is -2.69. The monoisotopic (exact) mass is 328 g/mol. The van der Waals surface area contributed by atoms with E-state index in [1.165, 1.54) is 5.56 Å². The number of rotatable bonds is 6. The van der Waals surface area contributed by atoms with E-state index in [0.29, 0.717) is 24.7 Å². The summed E-state index contributed by atoms with van der Waals surface area (Å²) in [5.41, 5.74) is 4.11. The van der Waals surface area contributed by atoms with Crippen LogP contribution >= 0.6 is 0 Å². The highest BCUT2D eigenvalue weighted by atomic mass is 16.5. The van der Waals surface area contributed by atoms with Crippen LogP contribution in [0.5, 0.6) is 11.5 Å². The number of hydrogen-bond acceptors (Lipinski definition) is 3. The molecule has 2 aromatic rings. The van der Waals surface area contributed by atoms with Gasteiger partial charge in [-0.1, -0.05) is 23.8 Å². The van der Waals surface area contributed by atoms with Crippen molar-refractivity contribution in [3.8, 4) is 11.5 Å². The summed E-state index contributed by atoms with van der Waals surface area (Å²) in [6, 6.07) is 11.4. The number of aryl methyl sites for hydroxylation is 3. The van der Waals surface area contributed by atoms with Gasteiger partial charge in [0.05, 0.1) is 13.7 Å². The highest BCUT2D eigenvalue weighted by Gasteiger charge is 2.06. The average Bonchev–Trinajstić information content (AvgIpc) is 2.55. The van der Waals surface area contributed by atoms with Gasteiger partial charge in [0.25, 0.3) is 0 Å². The van der Waals surface area contributed by atoms with E-state index < -0.39 is 0 Å². The number of amides is 2. The summed E-state index contributed by atoms with van der Waals surface area (Å²) in [6.07, 6.45) is 0. The quantitative estimate of drug-likeness (QED) is 0.793. The molecule has 0 heterocycles. The van der Waals surface area contributed by atoms with Crippen LogP contribution in [0.4, 0.5) is 10.5 Å². The van der Waals surface area contributed by atoms with E-state index in [9.17, 15) is 4.79 Å². The lowest BCUT2D eigenvalue weighted by Gasteiger charge is -2.13. The van der Waals surface area contributed by atoms with Crippen LogP contribution in [0.2, 0.25) is 0 Å². The fourth-order valence-corrected chi connectivity index (χ4v) is 2.34. The second-order valence-corrected chi connectivity index (χ2v) is 5.70. The molecule has 0 radical (unpaired) electrons. The molecule has 0 spiro atoms. The summed E-state index contributed by atoms with van der Waals surface area (Å²) in [4.78, 5) is 11.9. The zero-order valence-electron chi connectivity index (χ0n) is 14.6. The van der Waals surface area contributed by atoms with Gasteiger partial charge in [0, 0.05) is 5.69 Å². The summed E-state index contributed by atoms with van der Waals surface area (Å²) in [7, 11) is 1.61. The van der Waals surface area contributed by atoms with Crippen LogP contribution in [-0.4, -0.2) is 26.3 Å². The number of carbonyl (C=O) groups excluding carboxylic acids is 1. The van der Waals surface area contributed by atoms with E-state index in [0.717, 1.165) is 16.8 Å². The molecule has 2 amide bonds. The minimum Gasteiger partial charge on any atom is -0.493 e. The number of carbonyl (C=O) groups is 1. The average molecular weight is 328 g/mol. The fraction of sp³-hybridized carbons (Fsp3) is 0.316. The molecule has 2 rings (SSSR count). The van der Waals surface area contributed by atoms with Gasteiger partial charge in [0.2, 0.25) is 0 Å². The van der Waals surface area contributed by atoms with Gasteiger partial charge < -0.3 is 20.1 Å². The highest BCUT2D eigenvalue weighted by Crippen LogP contribution is 2.27. The molecule has 24 heavy (non-hydrogen) atoms. The summed E-state index contributed by atoms with van der Waals surface area (Å²) in [5.74, 6) is 1.36. The smallest absolute Gasteiger partial charge is 0.319 e. The predicted molar refractivity (Wildman–Crippen MR) is 96.2 cm³/mol. The molecule has 5 nitrogen and oxygen atoms in total. The minimum absolute atomic E-state index is 0.249. The van der Waals surface area contributed by atoms with Crippen LogP contribution in [0.1, 0.15) is 16.7 Å². The number of benzene rings is 2. The Morgan fingerprint density at radius 3 is 2.42 bits per heavy atom. The number of anilines is 1. The summed E-state index contributed by atoms with van der Waals surface area (Å²) in [5, 5.41) is 5.61. The molecular weight excluding hydrogens is 304 g/mol. The highest BCUT2D eigenvalue weighted by molar-refractivity contribution is 5.90. The third-order valence-electron chi connectivity index (χ3n) is 3.59. The normalized spacial score (nSPS) is 10.2. The van der Waals surface area contributed by atoms with Crippen LogP contribution in [0, 0.1) is 20.8 Å². The van der Waals surface area contributed by atoms with Crippen LogP contribution in [0.25, 0.3) is 0 Å². The molecule has 2 N–H and O–H groups in total. The lowest BCUT2D eigenvalue weighted by molar-refractivity contribution is 0.246. The largest absolute Gasteiger partial charge is 0.493 e. The van der Waals surface area contributed by atoms with Gasteiger partial charge in [0.15, 0.2) is 11.5 Å². The fourth-order valence-electron chi connectivity index (χ4n) is 2.34. The molecule has 0 aliphatic heterocycles. The molecule has 0 saturated carbocycles. The number of ether oxygens (including phenoxy) is 2. The van der Waals surface area contributed by atoms with E-state index in [1.54, 1.807) is 7.11 Å². The van der Waals surface area contributed by atoms with Crippen LogP contribution in [0.3, 0.4) is 0 Å². The van der Waals surface area contributed by atoms with Crippen LogP contribution in [-0.2, 0) is 0 Å². The van der Waals surface area contributed by atoms with Gasteiger partial charge in [-0.3, -0.25) is 0 Å². The Balaban J connectivity index is 1.79. The van der Waals surface area contributed by atoms with Crippen molar-refractivity contribution in [2.24, 2.45) is 0 Å². The number of methoxy groups -OCH3 is 1. The van der Waals surface area contributed by atoms with Gasteiger partial charge >= 0.3 is 6.03 Å². The second-order valence-electron chi connectivity index (χ2n) is 5.70. The molecule has 0 bridgehead atoms. The molecule has 0 aromatic heterocycles. The van der Waals surface area contributed by atoms with E-state index in [-0.39, 0.29) is 6.03 Å². The summed E-state index contributed by atoms with van der Waals surface area (Å²) < 4.78 is 10.9. The molecule has 5 heteroatoms.